The minimum atomic E-state index is -0.343. The van der Waals surface area contributed by atoms with Crippen molar-refractivity contribution < 1.29 is 14.4 Å². The Labute approximate surface area is 161 Å². The largest absolute Gasteiger partial charge is 0.450 e. The number of carbonyl (C=O) groups excluding carboxylic acids is 1. The van der Waals surface area contributed by atoms with Gasteiger partial charge < -0.3 is 19.9 Å². The average Bonchev–Trinajstić information content (AvgIpc) is 2.68. The zero-order valence-corrected chi connectivity index (χ0v) is 16.5. The van der Waals surface area contributed by atoms with Gasteiger partial charge in [-0.3, -0.25) is 0 Å². The molecule has 2 atom stereocenters. The Hall–Kier alpha value is -2.53. The maximum Gasteiger partial charge on any atom is 0.407 e. The van der Waals surface area contributed by atoms with E-state index in [0.717, 1.165) is 19.5 Å². The summed E-state index contributed by atoms with van der Waals surface area (Å²) in [6.45, 7) is 4.81. The highest BCUT2D eigenvalue weighted by Gasteiger charge is 2.29. The molecule has 0 saturated carbocycles. The molecule has 1 aliphatic rings. The number of ether oxygens (including phenoxy) is 1. The van der Waals surface area contributed by atoms with Crippen molar-refractivity contribution in [3.63, 3.8) is 0 Å². The number of nitrogens with zero attached hydrogens (tertiary/aromatic N) is 1. The summed E-state index contributed by atoms with van der Waals surface area (Å²) >= 11 is 0. The highest BCUT2D eigenvalue weighted by molar-refractivity contribution is 5.67. The molecule has 0 spiro atoms. The van der Waals surface area contributed by atoms with Crippen LogP contribution in [-0.4, -0.2) is 39.9 Å². The smallest absolute Gasteiger partial charge is 0.407 e. The van der Waals surface area contributed by atoms with Crippen LogP contribution < -0.4 is 15.1 Å². The first-order valence-corrected chi connectivity index (χ1v) is 9.67. The number of carbonyl (C=O) groups is 1. The van der Waals surface area contributed by atoms with Crippen molar-refractivity contribution in [1.29, 1.82) is 0 Å². The Balaban J connectivity index is 1.80. The molecule has 1 unspecified atom stereocenters. The summed E-state index contributed by atoms with van der Waals surface area (Å²) in [6, 6.07) is 17.5. The number of hydrogen-bond donors (Lipinski definition) is 2. The molecule has 1 amide bonds. The standard InChI is InChI=1S/C22H29N3O2/c1-4-27-22(26)23-15-21(18-9-11-20(12-10-18)24(2)3)25-14-13-17-7-5-6-8-19(17)16-25/h5-12,21H,4,13-16H2,1-3H3,(H,23,26)/p+1/t21-/m0/s1. The lowest BCUT2D eigenvalue weighted by Gasteiger charge is -2.33. The van der Waals surface area contributed by atoms with Gasteiger partial charge in [0.1, 0.15) is 12.6 Å². The molecule has 2 aromatic carbocycles. The third-order valence-electron chi connectivity index (χ3n) is 5.28. The number of benzene rings is 2. The highest BCUT2D eigenvalue weighted by Crippen LogP contribution is 2.18. The van der Waals surface area contributed by atoms with Crippen LogP contribution in [0.15, 0.2) is 48.5 Å². The molecule has 2 aromatic rings. The Bertz CT molecular complexity index is 758. The lowest BCUT2D eigenvalue weighted by molar-refractivity contribution is -0.945. The first-order chi connectivity index (χ1) is 13.1. The topological polar surface area (TPSA) is 46.0 Å². The number of alkyl carbamates (subject to hydrolysis) is 1. The number of nitrogens with one attached hydrogen (secondary N) is 2. The summed E-state index contributed by atoms with van der Waals surface area (Å²) in [5.41, 5.74) is 5.27. The second kappa shape index (κ2) is 8.91. The first-order valence-electron chi connectivity index (χ1n) is 9.67. The van der Waals surface area contributed by atoms with Crippen molar-refractivity contribution in [1.82, 2.24) is 5.32 Å². The number of hydrogen-bond acceptors (Lipinski definition) is 3. The van der Waals surface area contributed by atoms with Gasteiger partial charge in [-0.1, -0.05) is 36.4 Å². The Morgan fingerprint density at radius 2 is 1.85 bits per heavy atom. The Morgan fingerprint density at radius 3 is 2.52 bits per heavy atom. The molecular weight excluding hydrogens is 338 g/mol. The molecule has 5 nitrogen and oxygen atoms in total. The van der Waals surface area contributed by atoms with Crippen LogP contribution in [-0.2, 0) is 17.7 Å². The lowest BCUT2D eigenvalue weighted by atomic mass is 9.96. The van der Waals surface area contributed by atoms with Crippen LogP contribution in [0, 0.1) is 0 Å². The first kappa shape index (κ1) is 19.2. The van der Waals surface area contributed by atoms with E-state index in [9.17, 15) is 4.79 Å². The van der Waals surface area contributed by atoms with Crippen molar-refractivity contribution in [2.45, 2.75) is 25.9 Å². The zero-order chi connectivity index (χ0) is 19.2. The molecule has 1 aliphatic heterocycles. The van der Waals surface area contributed by atoms with Crippen molar-refractivity contribution in [3.8, 4) is 0 Å². The normalized spacial score (nSPS) is 16.9. The Morgan fingerprint density at radius 1 is 1.15 bits per heavy atom. The number of quaternary nitrogens is 1. The predicted octanol–water partition coefficient (Wildman–Crippen LogP) is 2.18. The van der Waals surface area contributed by atoms with Gasteiger partial charge in [0.2, 0.25) is 0 Å². The van der Waals surface area contributed by atoms with E-state index >= 15 is 0 Å². The van der Waals surface area contributed by atoms with Gasteiger partial charge in [0, 0.05) is 37.3 Å². The number of amides is 1. The fourth-order valence-electron chi connectivity index (χ4n) is 3.77. The van der Waals surface area contributed by atoms with Gasteiger partial charge in [0.15, 0.2) is 0 Å². The van der Waals surface area contributed by atoms with Crippen LogP contribution in [0.5, 0.6) is 0 Å². The molecule has 2 N–H and O–H groups in total. The number of fused-ring (bicyclic) bond motifs is 1. The molecule has 1 heterocycles. The van der Waals surface area contributed by atoms with Gasteiger partial charge in [0.25, 0.3) is 0 Å². The van der Waals surface area contributed by atoms with E-state index in [-0.39, 0.29) is 12.1 Å². The molecule has 5 heteroatoms. The summed E-state index contributed by atoms with van der Waals surface area (Å²) < 4.78 is 5.06. The second-order valence-corrected chi connectivity index (χ2v) is 7.24. The van der Waals surface area contributed by atoms with E-state index in [0.29, 0.717) is 13.2 Å². The van der Waals surface area contributed by atoms with E-state index in [2.05, 4.69) is 58.7 Å². The SMILES string of the molecule is CCOC(=O)NC[C@@H](c1ccc(N(C)C)cc1)[NH+]1CCc2ccccc2C1. The van der Waals surface area contributed by atoms with Crippen LogP contribution in [0.1, 0.15) is 29.7 Å². The maximum atomic E-state index is 11.9. The zero-order valence-electron chi connectivity index (χ0n) is 16.5. The van der Waals surface area contributed by atoms with E-state index < -0.39 is 0 Å². The van der Waals surface area contributed by atoms with Gasteiger partial charge in [-0.15, -0.1) is 0 Å². The van der Waals surface area contributed by atoms with E-state index in [1.54, 1.807) is 0 Å². The molecule has 0 saturated heterocycles. The quantitative estimate of drug-likeness (QED) is 0.822. The molecular formula is C22H30N3O2+. The molecule has 0 bridgehead atoms. The van der Waals surface area contributed by atoms with Crippen LogP contribution >= 0.6 is 0 Å². The molecule has 0 fully saturated rings. The summed E-state index contributed by atoms with van der Waals surface area (Å²) in [4.78, 5) is 15.4. The van der Waals surface area contributed by atoms with Crippen LogP contribution in [0.4, 0.5) is 10.5 Å². The van der Waals surface area contributed by atoms with Gasteiger partial charge in [-0.2, -0.15) is 0 Å². The second-order valence-electron chi connectivity index (χ2n) is 7.24. The summed E-state index contributed by atoms with van der Waals surface area (Å²) in [6.07, 6.45) is 0.723. The third-order valence-corrected chi connectivity index (χ3v) is 5.28. The van der Waals surface area contributed by atoms with Crippen molar-refractivity contribution in [3.05, 3.63) is 65.2 Å². The summed E-state index contributed by atoms with van der Waals surface area (Å²) in [5, 5.41) is 2.95. The summed E-state index contributed by atoms with van der Waals surface area (Å²) in [5.74, 6) is 0. The van der Waals surface area contributed by atoms with E-state index in [1.165, 1.54) is 27.3 Å². The minimum Gasteiger partial charge on any atom is -0.450 e. The fourth-order valence-corrected chi connectivity index (χ4v) is 3.77. The number of rotatable bonds is 6. The average molecular weight is 369 g/mol. The predicted molar refractivity (Wildman–Crippen MR) is 108 cm³/mol. The van der Waals surface area contributed by atoms with Crippen LogP contribution in [0.2, 0.25) is 0 Å². The number of anilines is 1. The van der Waals surface area contributed by atoms with Crippen molar-refractivity contribution >= 4 is 11.8 Å². The molecule has 0 aliphatic carbocycles. The third kappa shape index (κ3) is 4.80. The van der Waals surface area contributed by atoms with Crippen molar-refractivity contribution in [2.24, 2.45) is 0 Å². The maximum absolute atomic E-state index is 11.9. The van der Waals surface area contributed by atoms with Gasteiger partial charge in [-0.05, 0) is 24.6 Å². The fraction of sp³-hybridized carbons (Fsp3) is 0.409. The van der Waals surface area contributed by atoms with Gasteiger partial charge in [0.05, 0.1) is 19.7 Å². The Kier molecular flexibility index (Phi) is 6.35. The summed E-state index contributed by atoms with van der Waals surface area (Å²) in [7, 11) is 4.09. The van der Waals surface area contributed by atoms with Crippen LogP contribution in [0.3, 0.4) is 0 Å². The minimum absolute atomic E-state index is 0.193. The lowest BCUT2D eigenvalue weighted by Crippen LogP contribution is -3.12. The molecule has 144 valence electrons. The molecule has 0 aromatic heterocycles. The van der Waals surface area contributed by atoms with Gasteiger partial charge >= 0.3 is 6.09 Å². The molecule has 0 radical (unpaired) electrons. The van der Waals surface area contributed by atoms with E-state index in [4.69, 9.17) is 4.74 Å². The van der Waals surface area contributed by atoms with E-state index in [1.807, 2.05) is 21.0 Å². The van der Waals surface area contributed by atoms with Crippen LogP contribution in [0.25, 0.3) is 0 Å². The molecule has 3 rings (SSSR count). The highest BCUT2D eigenvalue weighted by atomic mass is 16.5. The van der Waals surface area contributed by atoms with Gasteiger partial charge in [-0.25, -0.2) is 4.79 Å². The monoisotopic (exact) mass is 368 g/mol. The van der Waals surface area contributed by atoms with Crippen molar-refractivity contribution in [2.75, 3.05) is 38.7 Å². The molecule has 27 heavy (non-hydrogen) atoms.